The van der Waals surface area contributed by atoms with Gasteiger partial charge in [0.05, 0.1) is 24.9 Å². The number of esters is 1. The molecule has 0 amide bonds. The maximum atomic E-state index is 12.5. The summed E-state index contributed by atoms with van der Waals surface area (Å²) in [5, 5.41) is 37.5. The Kier molecular flexibility index (Phi) is 8.13. The molecule has 0 aromatic heterocycles. The third-order valence-electron chi connectivity index (χ3n) is 13.2. The zero-order valence-corrected chi connectivity index (χ0v) is 26.0. The molecule has 10 nitrogen and oxygen atoms in total. The van der Waals surface area contributed by atoms with Gasteiger partial charge in [-0.1, -0.05) is 13.8 Å². The Hall–Kier alpha value is -1.11. The van der Waals surface area contributed by atoms with Crippen molar-refractivity contribution < 1.29 is 43.9 Å². The summed E-state index contributed by atoms with van der Waals surface area (Å²) in [6, 6.07) is 0.0534. The number of hydroxylamine groups is 2. The lowest BCUT2D eigenvalue weighted by molar-refractivity contribution is -0.344. The molecule has 6 aliphatic rings. The van der Waals surface area contributed by atoms with Crippen LogP contribution in [0.15, 0.2) is 11.6 Å². The number of ether oxygens (including phenoxy) is 4. The van der Waals surface area contributed by atoms with Crippen LogP contribution >= 0.6 is 0 Å². The molecular weight excluding hydrogens is 542 g/mol. The fourth-order valence-corrected chi connectivity index (χ4v) is 10.9. The molecular formula is C32H51NO9. The van der Waals surface area contributed by atoms with Crippen LogP contribution in [0.2, 0.25) is 0 Å². The van der Waals surface area contributed by atoms with Gasteiger partial charge in [0.2, 0.25) is 0 Å². The van der Waals surface area contributed by atoms with Gasteiger partial charge in [0, 0.05) is 31.8 Å². The van der Waals surface area contributed by atoms with E-state index in [1.807, 2.05) is 12.0 Å². The molecule has 5 fully saturated rings. The van der Waals surface area contributed by atoms with E-state index in [0.29, 0.717) is 18.8 Å². The minimum atomic E-state index is -0.987. The Morgan fingerprint density at radius 3 is 2.36 bits per heavy atom. The van der Waals surface area contributed by atoms with Crippen molar-refractivity contribution in [3.05, 3.63) is 11.6 Å². The topological polar surface area (TPSA) is 127 Å². The summed E-state index contributed by atoms with van der Waals surface area (Å²) in [6.07, 6.45) is 4.74. The van der Waals surface area contributed by atoms with Crippen molar-refractivity contribution in [1.29, 1.82) is 0 Å². The minimum absolute atomic E-state index is 0.0315. The van der Waals surface area contributed by atoms with E-state index in [0.717, 1.165) is 44.1 Å². The number of cyclic esters (lactones) is 1. The molecule has 1 saturated heterocycles. The number of rotatable bonds is 6. The van der Waals surface area contributed by atoms with Gasteiger partial charge >= 0.3 is 5.97 Å². The van der Waals surface area contributed by atoms with Crippen LogP contribution in [-0.2, 0) is 28.6 Å². The first-order chi connectivity index (χ1) is 19.9. The average molecular weight is 594 g/mol. The van der Waals surface area contributed by atoms with Gasteiger partial charge in [0.15, 0.2) is 6.23 Å². The Balaban J connectivity index is 1.21. The number of methoxy groups -OCH3 is 2. The first-order valence-corrected chi connectivity index (χ1v) is 15.9. The summed E-state index contributed by atoms with van der Waals surface area (Å²) in [7, 11) is 4.82. The van der Waals surface area contributed by atoms with Crippen LogP contribution in [0.4, 0.5) is 0 Å². The van der Waals surface area contributed by atoms with Crippen molar-refractivity contribution in [2.75, 3.05) is 27.9 Å². The summed E-state index contributed by atoms with van der Waals surface area (Å²) >= 11 is 0. The second-order valence-electron chi connectivity index (χ2n) is 14.5. The van der Waals surface area contributed by atoms with E-state index in [4.69, 9.17) is 23.8 Å². The van der Waals surface area contributed by atoms with Gasteiger partial charge in [-0.25, -0.2) is 4.79 Å². The zero-order chi connectivity index (χ0) is 30.2. The Morgan fingerprint density at radius 1 is 0.976 bits per heavy atom. The molecule has 0 bridgehead atoms. The van der Waals surface area contributed by atoms with E-state index in [9.17, 15) is 20.1 Å². The highest BCUT2D eigenvalue weighted by Gasteiger charge is 2.71. The lowest BCUT2D eigenvalue weighted by atomic mass is 9.42. The first-order valence-electron chi connectivity index (χ1n) is 15.9. The molecule has 0 spiro atoms. The average Bonchev–Trinajstić information content (AvgIpc) is 3.51. The van der Waals surface area contributed by atoms with Gasteiger partial charge in [-0.05, 0) is 93.0 Å². The van der Waals surface area contributed by atoms with E-state index in [1.54, 1.807) is 27.4 Å². The predicted molar refractivity (Wildman–Crippen MR) is 152 cm³/mol. The van der Waals surface area contributed by atoms with E-state index >= 15 is 0 Å². The van der Waals surface area contributed by atoms with Gasteiger partial charge in [-0.2, -0.15) is 5.06 Å². The molecule has 238 valence electrons. The molecule has 4 saturated carbocycles. The third-order valence-corrected chi connectivity index (χ3v) is 13.2. The van der Waals surface area contributed by atoms with Crippen molar-refractivity contribution in [2.24, 2.45) is 34.5 Å². The molecule has 2 aliphatic heterocycles. The van der Waals surface area contributed by atoms with Crippen LogP contribution in [0.3, 0.4) is 0 Å². The Bertz CT molecular complexity index is 1070. The maximum Gasteiger partial charge on any atom is 0.331 e. The highest BCUT2D eigenvalue weighted by molar-refractivity contribution is 5.85. The fraction of sp³-hybridized carbons (Fsp3) is 0.906. The molecule has 0 unspecified atom stereocenters. The highest BCUT2D eigenvalue weighted by Crippen LogP contribution is 2.70. The first kappa shape index (κ1) is 30.9. The number of aliphatic hydroxyl groups excluding tert-OH is 2. The van der Waals surface area contributed by atoms with Gasteiger partial charge in [0.1, 0.15) is 24.9 Å². The van der Waals surface area contributed by atoms with Crippen molar-refractivity contribution in [3.63, 3.8) is 0 Å². The number of fused-ring (bicyclic) bond motifs is 5. The normalized spacial score (nSPS) is 52.4. The van der Waals surface area contributed by atoms with Crippen molar-refractivity contribution in [2.45, 2.75) is 121 Å². The number of carbonyl (C=O) groups is 1. The van der Waals surface area contributed by atoms with Gasteiger partial charge < -0.3 is 34.3 Å². The van der Waals surface area contributed by atoms with E-state index in [-0.39, 0.29) is 54.0 Å². The molecule has 14 atom stereocenters. The third kappa shape index (κ3) is 4.30. The zero-order valence-electron chi connectivity index (χ0n) is 26.0. The van der Waals surface area contributed by atoms with Crippen LogP contribution in [0.1, 0.15) is 72.1 Å². The molecule has 10 heteroatoms. The maximum absolute atomic E-state index is 12.5. The summed E-state index contributed by atoms with van der Waals surface area (Å²) in [5.74, 6) is 0.313. The molecule has 3 N–H and O–H groups in total. The van der Waals surface area contributed by atoms with Crippen LogP contribution in [-0.4, -0.2) is 103 Å². The smallest absolute Gasteiger partial charge is 0.331 e. The van der Waals surface area contributed by atoms with E-state index in [1.165, 1.54) is 0 Å². The van der Waals surface area contributed by atoms with Gasteiger partial charge in [-0.3, -0.25) is 4.84 Å². The SMILES string of the molecule is CO[C@@H]1[C@@H](O)[C@H](N(OC)[C@H]2CC[C@@]3(C)[C@H](CC[C@@H]4[C@@H]3C[C@@H](O)[C@]3(C)[C@@H](C5=CC(=O)OC5)CC[C@]43O)C2)O[C@H](C)[C@H]1OC. The molecule has 0 aromatic rings. The Morgan fingerprint density at radius 2 is 1.71 bits per heavy atom. The standard InChI is InChI=1S/C32H51NO9/c1-17-27(38-4)28(39-5)26(36)29(42-17)33(40-6)20-9-11-30(2)19(14-20)7-8-22-23(30)15-24(34)31(3)21(10-12-32(22,31)37)18-13-25(35)41-16-18/h13,17,19-24,26-29,34,36-37H,7-12,14-16H2,1-6H3/t17-,19-,20+,21-,22-,23+,24-,26-,27-,28-,29-,30+,31+,32+/m1/s1. The fourth-order valence-electron chi connectivity index (χ4n) is 10.9. The monoisotopic (exact) mass is 593 g/mol. The quantitative estimate of drug-likeness (QED) is 0.312. The van der Waals surface area contributed by atoms with Crippen LogP contribution in [0.5, 0.6) is 0 Å². The van der Waals surface area contributed by atoms with Crippen LogP contribution < -0.4 is 0 Å². The number of hydrogen-bond donors (Lipinski definition) is 3. The second-order valence-corrected chi connectivity index (χ2v) is 14.5. The number of aliphatic hydroxyl groups is 3. The van der Waals surface area contributed by atoms with Gasteiger partial charge in [-0.15, -0.1) is 0 Å². The Labute approximate surface area is 249 Å². The molecule has 42 heavy (non-hydrogen) atoms. The molecule has 4 aliphatic carbocycles. The van der Waals surface area contributed by atoms with Gasteiger partial charge in [0.25, 0.3) is 0 Å². The van der Waals surface area contributed by atoms with Crippen LogP contribution in [0, 0.1) is 34.5 Å². The summed E-state index contributed by atoms with van der Waals surface area (Å²) in [5.41, 5.74) is -0.801. The minimum Gasteiger partial charge on any atom is -0.458 e. The summed E-state index contributed by atoms with van der Waals surface area (Å²) < 4.78 is 22.7. The largest absolute Gasteiger partial charge is 0.458 e. The summed E-state index contributed by atoms with van der Waals surface area (Å²) in [4.78, 5) is 17.8. The predicted octanol–water partition coefficient (Wildman–Crippen LogP) is 2.58. The number of hydrogen-bond acceptors (Lipinski definition) is 10. The highest BCUT2D eigenvalue weighted by atomic mass is 16.7. The molecule has 6 rings (SSSR count). The van der Waals surface area contributed by atoms with Crippen molar-refractivity contribution >= 4 is 5.97 Å². The van der Waals surface area contributed by atoms with Crippen molar-refractivity contribution in [1.82, 2.24) is 5.06 Å². The number of nitrogens with zero attached hydrogens (tertiary/aromatic N) is 1. The molecule has 0 aromatic carbocycles. The molecule has 0 radical (unpaired) electrons. The van der Waals surface area contributed by atoms with Crippen molar-refractivity contribution in [3.8, 4) is 0 Å². The van der Waals surface area contributed by atoms with E-state index in [2.05, 4.69) is 13.8 Å². The molecule has 2 heterocycles. The lowest BCUT2D eigenvalue weighted by Crippen LogP contribution is -2.68. The summed E-state index contributed by atoms with van der Waals surface area (Å²) in [6.45, 7) is 6.62. The second kappa shape index (κ2) is 11.1. The van der Waals surface area contributed by atoms with E-state index < -0.39 is 35.6 Å². The number of carbonyl (C=O) groups excluding carboxylic acids is 1. The van der Waals surface area contributed by atoms with Crippen LogP contribution in [0.25, 0.3) is 0 Å². The lowest BCUT2D eigenvalue weighted by Gasteiger charge is -2.65.